The van der Waals surface area contributed by atoms with Crippen molar-refractivity contribution < 1.29 is 14.7 Å². The first-order valence-corrected chi connectivity index (χ1v) is 6.92. The van der Waals surface area contributed by atoms with Gasteiger partial charge in [-0.05, 0) is 42.3 Å². The molecule has 2 rings (SSSR count). The van der Waals surface area contributed by atoms with E-state index in [0.717, 1.165) is 11.6 Å². The number of aryl methyl sites for hydroxylation is 1. The Hall–Kier alpha value is -2.59. The Morgan fingerprint density at radius 2 is 1.91 bits per heavy atom. The number of halogens is 1. The van der Waals surface area contributed by atoms with Gasteiger partial charge in [-0.1, -0.05) is 35.9 Å². The second-order valence-corrected chi connectivity index (χ2v) is 5.09. The predicted molar refractivity (Wildman–Crippen MR) is 87.3 cm³/mol. The molecule has 0 bridgehead atoms. The normalized spacial score (nSPS) is 10.6. The highest BCUT2D eigenvalue weighted by molar-refractivity contribution is 6.34. The van der Waals surface area contributed by atoms with Crippen molar-refractivity contribution in [3.63, 3.8) is 0 Å². The number of hydrogen-bond acceptors (Lipinski definition) is 2. The molecule has 0 aliphatic heterocycles. The van der Waals surface area contributed by atoms with Crippen molar-refractivity contribution in [2.24, 2.45) is 0 Å². The predicted octanol–water partition coefficient (Wildman–Crippen LogP) is 4.00. The van der Waals surface area contributed by atoms with Gasteiger partial charge in [0, 0.05) is 11.6 Å². The van der Waals surface area contributed by atoms with Crippen molar-refractivity contribution in [3.8, 4) is 0 Å². The third-order valence-corrected chi connectivity index (χ3v) is 3.38. The molecule has 0 aliphatic carbocycles. The zero-order valence-electron chi connectivity index (χ0n) is 11.8. The van der Waals surface area contributed by atoms with Crippen molar-refractivity contribution in [2.75, 3.05) is 5.32 Å². The van der Waals surface area contributed by atoms with Crippen molar-refractivity contribution in [3.05, 3.63) is 70.3 Å². The van der Waals surface area contributed by atoms with Gasteiger partial charge in [-0.2, -0.15) is 0 Å². The van der Waals surface area contributed by atoms with Crippen LogP contribution in [-0.4, -0.2) is 17.0 Å². The average Bonchev–Trinajstić information content (AvgIpc) is 2.48. The second-order valence-electron chi connectivity index (χ2n) is 4.68. The van der Waals surface area contributed by atoms with Gasteiger partial charge in [-0.15, -0.1) is 0 Å². The molecule has 2 aromatic rings. The van der Waals surface area contributed by atoms with Crippen LogP contribution in [0.5, 0.6) is 0 Å². The first kappa shape index (κ1) is 15.8. The maximum atomic E-state index is 12.3. The van der Waals surface area contributed by atoms with Crippen LogP contribution in [0.4, 0.5) is 5.69 Å². The Bertz CT molecular complexity index is 753. The smallest absolute Gasteiger partial charge is 0.328 e. The van der Waals surface area contributed by atoms with Crippen LogP contribution in [0.1, 0.15) is 21.5 Å². The van der Waals surface area contributed by atoms with Crippen molar-refractivity contribution in [2.45, 2.75) is 6.92 Å². The molecular formula is C17H14ClNO3. The molecule has 0 aliphatic rings. The number of carbonyl (C=O) groups excluding carboxylic acids is 1. The summed E-state index contributed by atoms with van der Waals surface area (Å²) in [6, 6.07) is 12.1. The highest BCUT2D eigenvalue weighted by atomic mass is 35.5. The topological polar surface area (TPSA) is 66.4 Å². The molecule has 0 spiro atoms. The Kier molecular flexibility index (Phi) is 4.96. The molecule has 4 nitrogen and oxygen atoms in total. The lowest BCUT2D eigenvalue weighted by Crippen LogP contribution is -2.13. The van der Waals surface area contributed by atoms with Crippen LogP contribution in [0, 0.1) is 6.92 Å². The summed E-state index contributed by atoms with van der Waals surface area (Å²) in [6.07, 6.45) is 2.46. The minimum absolute atomic E-state index is 0.264. The summed E-state index contributed by atoms with van der Waals surface area (Å²) in [4.78, 5) is 22.8. The summed E-state index contributed by atoms with van der Waals surface area (Å²) in [7, 11) is 0. The lowest BCUT2D eigenvalue weighted by atomic mass is 10.1. The summed E-state index contributed by atoms with van der Waals surface area (Å²) >= 11 is 6.08. The van der Waals surface area contributed by atoms with E-state index in [1.54, 1.807) is 30.3 Å². The molecule has 2 aromatic carbocycles. The first-order chi connectivity index (χ1) is 10.5. The van der Waals surface area contributed by atoms with Gasteiger partial charge in [0.05, 0.1) is 10.7 Å². The summed E-state index contributed by atoms with van der Waals surface area (Å²) in [6.45, 7) is 1.85. The number of aliphatic carboxylic acids is 1. The Morgan fingerprint density at radius 3 is 2.59 bits per heavy atom. The van der Waals surface area contributed by atoms with Gasteiger partial charge < -0.3 is 10.4 Å². The zero-order valence-corrected chi connectivity index (χ0v) is 12.6. The van der Waals surface area contributed by atoms with Crippen LogP contribution in [0.3, 0.4) is 0 Å². The van der Waals surface area contributed by atoms with Crippen LogP contribution >= 0.6 is 11.6 Å². The van der Waals surface area contributed by atoms with Crippen molar-refractivity contribution in [1.82, 2.24) is 0 Å². The standard InChI is InChI=1S/C17H14ClNO3/c1-11-4-2-3-5-13(11)17(22)19-15-10-12(6-8-14(15)18)7-9-16(20)21/h2-10H,1H3,(H,19,22)(H,20,21)/b9-7+. The van der Waals surface area contributed by atoms with Gasteiger partial charge in [-0.25, -0.2) is 4.79 Å². The molecule has 0 aromatic heterocycles. The lowest BCUT2D eigenvalue weighted by molar-refractivity contribution is -0.131. The fourth-order valence-corrected chi connectivity index (χ4v) is 2.09. The molecule has 0 unspecified atom stereocenters. The summed E-state index contributed by atoms with van der Waals surface area (Å²) < 4.78 is 0. The molecule has 0 saturated heterocycles. The number of amides is 1. The molecular weight excluding hydrogens is 302 g/mol. The number of nitrogens with one attached hydrogen (secondary N) is 1. The number of carboxylic acids is 1. The molecule has 0 heterocycles. The van der Waals surface area contributed by atoms with Gasteiger partial charge in [0.2, 0.25) is 0 Å². The minimum Gasteiger partial charge on any atom is -0.478 e. The Labute approximate surface area is 133 Å². The van der Waals surface area contributed by atoms with Crippen molar-refractivity contribution in [1.29, 1.82) is 0 Å². The van der Waals surface area contributed by atoms with E-state index < -0.39 is 5.97 Å². The number of carbonyl (C=O) groups is 2. The summed E-state index contributed by atoms with van der Waals surface area (Å²) in [5, 5.41) is 11.8. The number of anilines is 1. The fraction of sp³-hybridized carbons (Fsp3) is 0.0588. The highest BCUT2D eigenvalue weighted by Gasteiger charge is 2.10. The summed E-state index contributed by atoms with van der Waals surface area (Å²) in [5.41, 5.74) is 2.48. The summed E-state index contributed by atoms with van der Waals surface area (Å²) in [5.74, 6) is -1.31. The zero-order chi connectivity index (χ0) is 16.1. The Balaban J connectivity index is 2.25. The molecule has 0 saturated carbocycles. The van der Waals surface area contributed by atoms with Gasteiger partial charge >= 0.3 is 5.97 Å². The van der Waals surface area contributed by atoms with Crippen LogP contribution in [0.2, 0.25) is 5.02 Å². The van der Waals surface area contributed by atoms with E-state index in [1.807, 2.05) is 19.1 Å². The number of benzene rings is 2. The molecule has 2 N–H and O–H groups in total. The monoisotopic (exact) mass is 315 g/mol. The highest BCUT2D eigenvalue weighted by Crippen LogP contribution is 2.24. The third-order valence-electron chi connectivity index (χ3n) is 3.05. The molecule has 22 heavy (non-hydrogen) atoms. The third kappa shape index (κ3) is 3.96. The van der Waals surface area contributed by atoms with Crippen molar-refractivity contribution >= 4 is 35.2 Å². The molecule has 1 amide bonds. The first-order valence-electron chi connectivity index (χ1n) is 6.55. The molecule has 0 radical (unpaired) electrons. The average molecular weight is 316 g/mol. The van der Waals surface area contributed by atoms with Crippen LogP contribution < -0.4 is 5.32 Å². The largest absolute Gasteiger partial charge is 0.478 e. The molecule has 0 fully saturated rings. The van der Waals surface area contributed by atoms with Crippen LogP contribution in [-0.2, 0) is 4.79 Å². The SMILES string of the molecule is Cc1ccccc1C(=O)Nc1cc(/C=C/C(=O)O)ccc1Cl. The second kappa shape index (κ2) is 6.91. The molecule has 0 atom stereocenters. The number of hydrogen-bond donors (Lipinski definition) is 2. The Morgan fingerprint density at radius 1 is 1.18 bits per heavy atom. The molecule has 5 heteroatoms. The maximum absolute atomic E-state index is 12.3. The lowest BCUT2D eigenvalue weighted by Gasteiger charge is -2.10. The van der Waals surface area contributed by atoms with E-state index in [4.69, 9.17) is 16.7 Å². The van der Waals surface area contributed by atoms with E-state index in [0.29, 0.717) is 21.8 Å². The van der Waals surface area contributed by atoms with E-state index in [1.165, 1.54) is 6.08 Å². The van der Waals surface area contributed by atoms with E-state index in [9.17, 15) is 9.59 Å². The number of carboxylic acid groups (broad SMARTS) is 1. The van der Waals surface area contributed by atoms with E-state index >= 15 is 0 Å². The quantitative estimate of drug-likeness (QED) is 0.838. The van der Waals surface area contributed by atoms with Crippen LogP contribution in [0.25, 0.3) is 6.08 Å². The van der Waals surface area contributed by atoms with Gasteiger partial charge in [0.15, 0.2) is 0 Å². The minimum atomic E-state index is -1.04. The maximum Gasteiger partial charge on any atom is 0.328 e. The van der Waals surface area contributed by atoms with Crippen LogP contribution in [0.15, 0.2) is 48.5 Å². The number of rotatable bonds is 4. The van der Waals surface area contributed by atoms with E-state index in [-0.39, 0.29) is 5.91 Å². The van der Waals surface area contributed by atoms with Gasteiger partial charge in [-0.3, -0.25) is 4.79 Å². The van der Waals surface area contributed by atoms with E-state index in [2.05, 4.69) is 5.32 Å². The molecule has 112 valence electrons. The van der Waals surface area contributed by atoms with Gasteiger partial charge in [0.25, 0.3) is 5.91 Å². The fourth-order valence-electron chi connectivity index (χ4n) is 1.93. The van der Waals surface area contributed by atoms with Gasteiger partial charge in [0.1, 0.15) is 0 Å².